The summed E-state index contributed by atoms with van der Waals surface area (Å²) in [5, 5.41) is 3.53. The Morgan fingerprint density at radius 1 is 0.647 bits per heavy atom. The van der Waals surface area contributed by atoms with Crippen molar-refractivity contribution in [3.05, 3.63) is 168 Å². The Morgan fingerprint density at radius 2 is 1.41 bits per heavy atom. The molecule has 0 radical (unpaired) electrons. The van der Waals surface area contributed by atoms with Crippen LogP contribution in [0.2, 0.25) is 0 Å². The van der Waals surface area contributed by atoms with E-state index in [1.807, 2.05) is 18.3 Å². The molecule has 0 amide bonds. The molecule has 244 valence electrons. The molecule has 51 heavy (non-hydrogen) atoms. The van der Waals surface area contributed by atoms with E-state index in [2.05, 4.69) is 134 Å². The van der Waals surface area contributed by atoms with Crippen molar-refractivity contribution < 1.29 is 0 Å². The van der Waals surface area contributed by atoms with E-state index in [1.54, 1.807) is 0 Å². The molecule has 5 aromatic carbocycles. The first-order chi connectivity index (χ1) is 25.2. The fourth-order valence-electron chi connectivity index (χ4n) is 8.41. The van der Waals surface area contributed by atoms with E-state index in [0.717, 1.165) is 69.2 Å². The number of fused-ring (bicyclic) bond motifs is 7. The van der Waals surface area contributed by atoms with Crippen molar-refractivity contribution >= 4 is 33.3 Å². The standard InChI is InChI=1S/C47H36N4/c1-29-18-19-33-27-43(40-16-8-6-14-38(40)41(33)24-29)47-50-45(31-22-20-30(21-23-31)35-25-34-11-3-9-17-44(34)48-28-35)49-46(51-47)42-26-32-10-2-4-12-36(32)37-13-5-7-15-39(37)42/h3-9,11-23,25-29,33,41H,2,10,24H2,1H3/t29?,33?,41-/m0/s1. The van der Waals surface area contributed by atoms with Crippen molar-refractivity contribution in [2.45, 2.75) is 32.1 Å². The van der Waals surface area contributed by atoms with Crippen LogP contribution in [-0.2, 0) is 6.42 Å². The lowest BCUT2D eigenvalue weighted by atomic mass is 9.69. The molecule has 0 aliphatic heterocycles. The summed E-state index contributed by atoms with van der Waals surface area (Å²) in [6.07, 6.45) is 16.9. The number of allylic oxidation sites excluding steroid dienone is 4. The van der Waals surface area contributed by atoms with Crippen LogP contribution in [0.3, 0.4) is 0 Å². The lowest BCUT2D eigenvalue weighted by Crippen LogP contribution is -2.22. The van der Waals surface area contributed by atoms with Crippen molar-refractivity contribution in [1.82, 2.24) is 19.9 Å². The van der Waals surface area contributed by atoms with Gasteiger partial charge in [0.15, 0.2) is 17.5 Å². The highest BCUT2D eigenvalue weighted by Gasteiger charge is 2.33. The van der Waals surface area contributed by atoms with Gasteiger partial charge < -0.3 is 0 Å². The second-order valence-corrected chi connectivity index (χ2v) is 14.2. The van der Waals surface area contributed by atoms with Crippen LogP contribution in [0.4, 0.5) is 0 Å². The summed E-state index contributed by atoms with van der Waals surface area (Å²) in [6, 6.07) is 38.9. The third-order valence-corrected chi connectivity index (χ3v) is 11.0. The highest BCUT2D eigenvalue weighted by Crippen LogP contribution is 2.46. The van der Waals surface area contributed by atoms with Crippen LogP contribution in [0.25, 0.3) is 67.2 Å². The smallest absolute Gasteiger partial charge is 0.164 e. The average molecular weight is 657 g/mol. The van der Waals surface area contributed by atoms with E-state index >= 15 is 0 Å². The van der Waals surface area contributed by atoms with Crippen LogP contribution in [0, 0.1) is 11.8 Å². The van der Waals surface area contributed by atoms with Crippen LogP contribution in [-0.4, -0.2) is 19.9 Å². The van der Waals surface area contributed by atoms with E-state index < -0.39 is 0 Å². The van der Waals surface area contributed by atoms with Gasteiger partial charge in [-0.3, -0.25) is 4.98 Å². The SMILES string of the molecule is CC1C=CC2C=C(c3nc(-c4ccc(-c5cnc6ccccc6c5)cc4)nc(-c4cc5c(c6ccccc46)C=CCC5)n3)c3ccccc3[C@H]2C1. The number of hydrogen-bond acceptors (Lipinski definition) is 4. The third kappa shape index (κ3) is 5.21. The van der Waals surface area contributed by atoms with Crippen molar-refractivity contribution in [3.8, 4) is 33.9 Å². The minimum absolute atomic E-state index is 0.306. The Balaban J connectivity index is 1.16. The first-order valence-corrected chi connectivity index (χ1v) is 18.1. The second-order valence-electron chi connectivity index (χ2n) is 14.2. The Kier molecular flexibility index (Phi) is 7.09. The van der Waals surface area contributed by atoms with Gasteiger partial charge in [-0.15, -0.1) is 0 Å². The van der Waals surface area contributed by atoms with Gasteiger partial charge in [-0.1, -0.05) is 128 Å². The highest BCUT2D eigenvalue weighted by molar-refractivity contribution is 6.01. The van der Waals surface area contributed by atoms with E-state index in [0.29, 0.717) is 29.4 Å². The molecule has 4 heteroatoms. The molecule has 3 aliphatic rings. The average Bonchev–Trinajstić information content (AvgIpc) is 3.20. The molecule has 0 saturated carbocycles. The van der Waals surface area contributed by atoms with Gasteiger partial charge >= 0.3 is 0 Å². The number of rotatable bonds is 4. The van der Waals surface area contributed by atoms with E-state index in [4.69, 9.17) is 19.9 Å². The molecule has 3 atom stereocenters. The van der Waals surface area contributed by atoms with Gasteiger partial charge in [0.1, 0.15) is 0 Å². The first kappa shape index (κ1) is 29.9. The van der Waals surface area contributed by atoms with Crippen molar-refractivity contribution in [2.24, 2.45) is 11.8 Å². The lowest BCUT2D eigenvalue weighted by molar-refractivity contribution is 0.453. The number of aryl methyl sites for hydroxylation is 1. The Labute approximate surface area is 298 Å². The normalized spacial score (nSPS) is 19.0. The molecule has 0 bridgehead atoms. The molecule has 7 aromatic rings. The zero-order valence-electron chi connectivity index (χ0n) is 28.5. The summed E-state index contributed by atoms with van der Waals surface area (Å²) >= 11 is 0. The largest absolute Gasteiger partial charge is 0.256 e. The predicted molar refractivity (Wildman–Crippen MR) is 209 cm³/mol. The molecule has 2 unspecified atom stereocenters. The van der Waals surface area contributed by atoms with E-state index in [1.165, 1.54) is 27.6 Å². The Bertz CT molecular complexity index is 2590. The molecular formula is C47H36N4. The monoisotopic (exact) mass is 656 g/mol. The zero-order valence-corrected chi connectivity index (χ0v) is 28.5. The van der Waals surface area contributed by atoms with Crippen LogP contribution >= 0.6 is 0 Å². The summed E-state index contributed by atoms with van der Waals surface area (Å²) in [5.74, 6) is 3.43. The topological polar surface area (TPSA) is 51.6 Å². The molecule has 3 aliphatic carbocycles. The second kappa shape index (κ2) is 12.1. The van der Waals surface area contributed by atoms with Gasteiger partial charge in [0.2, 0.25) is 0 Å². The van der Waals surface area contributed by atoms with Crippen LogP contribution in [0.1, 0.15) is 53.8 Å². The Hall–Kier alpha value is -6.00. The van der Waals surface area contributed by atoms with Gasteiger partial charge in [-0.05, 0) is 87.9 Å². The molecule has 2 aromatic heterocycles. The quantitative estimate of drug-likeness (QED) is 0.177. The van der Waals surface area contributed by atoms with Gasteiger partial charge in [0.05, 0.1) is 5.52 Å². The van der Waals surface area contributed by atoms with Crippen LogP contribution < -0.4 is 0 Å². The maximum absolute atomic E-state index is 5.36. The zero-order chi connectivity index (χ0) is 33.9. The van der Waals surface area contributed by atoms with Gasteiger partial charge in [0.25, 0.3) is 0 Å². The van der Waals surface area contributed by atoms with Crippen molar-refractivity contribution in [3.63, 3.8) is 0 Å². The summed E-state index contributed by atoms with van der Waals surface area (Å²) < 4.78 is 0. The number of aromatic nitrogens is 4. The summed E-state index contributed by atoms with van der Waals surface area (Å²) in [7, 11) is 0. The Morgan fingerprint density at radius 3 is 2.33 bits per heavy atom. The number of pyridine rings is 1. The maximum atomic E-state index is 5.36. The number of benzene rings is 5. The highest BCUT2D eigenvalue weighted by atomic mass is 15.0. The van der Waals surface area contributed by atoms with Crippen molar-refractivity contribution in [2.75, 3.05) is 0 Å². The van der Waals surface area contributed by atoms with Crippen molar-refractivity contribution in [1.29, 1.82) is 0 Å². The molecule has 0 N–H and O–H groups in total. The summed E-state index contributed by atoms with van der Waals surface area (Å²) in [6.45, 7) is 2.32. The lowest BCUT2D eigenvalue weighted by Gasteiger charge is -2.35. The first-order valence-electron chi connectivity index (χ1n) is 18.1. The predicted octanol–water partition coefficient (Wildman–Crippen LogP) is 11.3. The fourth-order valence-corrected chi connectivity index (χ4v) is 8.41. The minimum atomic E-state index is 0.306. The number of hydrogen-bond donors (Lipinski definition) is 0. The van der Waals surface area contributed by atoms with E-state index in [9.17, 15) is 0 Å². The molecule has 2 heterocycles. The molecular weight excluding hydrogens is 621 g/mol. The third-order valence-electron chi connectivity index (χ3n) is 11.0. The van der Waals surface area contributed by atoms with Gasteiger partial charge in [-0.25, -0.2) is 15.0 Å². The molecule has 0 saturated heterocycles. The molecule has 0 spiro atoms. The fraction of sp³-hybridized carbons (Fsp3) is 0.149. The number of nitrogens with zero attached hydrogens (tertiary/aromatic N) is 4. The van der Waals surface area contributed by atoms with E-state index in [-0.39, 0.29) is 0 Å². The van der Waals surface area contributed by atoms with Gasteiger partial charge in [-0.2, -0.15) is 0 Å². The molecule has 4 nitrogen and oxygen atoms in total. The maximum Gasteiger partial charge on any atom is 0.164 e. The minimum Gasteiger partial charge on any atom is -0.256 e. The molecule has 10 rings (SSSR count). The summed E-state index contributed by atoms with van der Waals surface area (Å²) in [4.78, 5) is 20.6. The van der Waals surface area contributed by atoms with Crippen LogP contribution in [0.5, 0.6) is 0 Å². The number of para-hydroxylation sites is 1. The van der Waals surface area contributed by atoms with Gasteiger partial charge in [0, 0.05) is 39.8 Å². The van der Waals surface area contributed by atoms with Crippen LogP contribution in [0.15, 0.2) is 140 Å². The summed E-state index contributed by atoms with van der Waals surface area (Å²) in [5.41, 5.74) is 11.5. The molecule has 0 fully saturated rings.